The molecular formula is C28H34ClN3O5. The van der Waals surface area contributed by atoms with Crippen molar-refractivity contribution in [1.29, 1.82) is 0 Å². The van der Waals surface area contributed by atoms with E-state index in [0.717, 1.165) is 6.42 Å². The molecule has 3 amide bonds. The lowest BCUT2D eigenvalue weighted by Gasteiger charge is -2.37. The average Bonchev–Trinajstić information content (AvgIpc) is 3.13. The summed E-state index contributed by atoms with van der Waals surface area (Å²) in [5, 5.41) is 9.80. The quantitative estimate of drug-likeness (QED) is 0.435. The summed E-state index contributed by atoms with van der Waals surface area (Å²) >= 11 is 6.48. The van der Waals surface area contributed by atoms with Crippen LogP contribution in [0, 0.1) is 11.8 Å². The topological polar surface area (TPSA) is 90.4 Å². The van der Waals surface area contributed by atoms with Crippen molar-refractivity contribution in [3.05, 3.63) is 53.6 Å². The highest BCUT2D eigenvalue weighted by atomic mass is 35.5. The van der Waals surface area contributed by atoms with E-state index in [2.05, 4.69) is 0 Å². The second kappa shape index (κ2) is 9.89. The molecule has 0 radical (unpaired) electrons. The molecule has 4 heterocycles. The number of hydrogen-bond donors (Lipinski definition) is 1. The molecule has 5 atom stereocenters. The zero-order valence-corrected chi connectivity index (χ0v) is 22.1. The number of para-hydroxylation sites is 1. The van der Waals surface area contributed by atoms with Gasteiger partial charge in [-0.1, -0.05) is 55.0 Å². The van der Waals surface area contributed by atoms with E-state index in [-0.39, 0.29) is 37.4 Å². The van der Waals surface area contributed by atoms with Gasteiger partial charge in [0.05, 0.1) is 28.1 Å². The Morgan fingerprint density at radius 1 is 1.00 bits per heavy atom. The lowest BCUT2D eigenvalue weighted by atomic mass is 9.74. The van der Waals surface area contributed by atoms with Crippen molar-refractivity contribution >= 4 is 35.0 Å². The summed E-state index contributed by atoms with van der Waals surface area (Å²) in [4.78, 5) is 47.4. The number of fused-ring (bicyclic) bond motifs is 2. The molecule has 8 nitrogen and oxygen atoms in total. The molecule has 1 N–H and O–H groups in total. The fourth-order valence-electron chi connectivity index (χ4n) is 6.56. The summed E-state index contributed by atoms with van der Waals surface area (Å²) in [5.74, 6) is -2.25. The standard InChI is InChI=1S/C28H34ClN3O5/c1-3-14-30-15-8-12-27(2)21(24(30)34)22-25(35)32(16-6-7-18-33)23-26(36)31(17-9-13-28(22,23)37-27)20-11-5-4-10-19(20)29/h4-5,8-13,21-23,33H,3,6-7,14-18H2,1-2H3/t21-,22-,23?,27+,28-/m0/s1. The number of unbranched alkanes of at least 4 members (excludes halogenated alkanes) is 1. The van der Waals surface area contributed by atoms with Gasteiger partial charge in [-0.25, -0.2) is 0 Å². The van der Waals surface area contributed by atoms with Gasteiger partial charge in [0.25, 0.3) is 5.91 Å². The van der Waals surface area contributed by atoms with Crippen molar-refractivity contribution in [3.63, 3.8) is 0 Å². The monoisotopic (exact) mass is 527 g/mol. The van der Waals surface area contributed by atoms with Crippen molar-refractivity contribution in [2.45, 2.75) is 50.4 Å². The van der Waals surface area contributed by atoms with Gasteiger partial charge >= 0.3 is 0 Å². The fourth-order valence-corrected chi connectivity index (χ4v) is 6.80. The number of rotatable bonds is 7. The van der Waals surface area contributed by atoms with Gasteiger partial charge in [0.1, 0.15) is 11.6 Å². The number of carbonyl (C=O) groups is 3. The molecule has 1 spiro atoms. The Balaban J connectivity index is 1.62. The fraction of sp³-hybridized carbons (Fsp3) is 0.536. The van der Waals surface area contributed by atoms with Crippen LogP contribution in [0.4, 0.5) is 5.69 Å². The Bertz CT molecular complexity index is 1150. The maximum absolute atomic E-state index is 14.3. The molecule has 0 aromatic heterocycles. The van der Waals surface area contributed by atoms with E-state index in [4.69, 9.17) is 16.3 Å². The first kappa shape index (κ1) is 25.9. The zero-order chi connectivity index (χ0) is 26.4. The largest absolute Gasteiger partial charge is 0.396 e. The van der Waals surface area contributed by atoms with Crippen LogP contribution in [0.3, 0.4) is 0 Å². The Hall–Kier alpha value is -2.68. The van der Waals surface area contributed by atoms with Gasteiger partial charge in [0, 0.05) is 32.8 Å². The van der Waals surface area contributed by atoms with Gasteiger partial charge < -0.3 is 24.5 Å². The number of likely N-dealkylation sites (tertiary alicyclic amines) is 1. The van der Waals surface area contributed by atoms with E-state index in [0.29, 0.717) is 36.6 Å². The molecule has 198 valence electrons. The summed E-state index contributed by atoms with van der Waals surface area (Å²) in [5.41, 5.74) is -1.76. The van der Waals surface area contributed by atoms with Crippen molar-refractivity contribution in [1.82, 2.24) is 9.80 Å². The number of benzene rings is 1. The molecule has 5 rings (SSSR count). The summed E-state index contributed by atoms with van der Waals surface area (Å²) in [6, 6.07) is 6.18. The molecular weight excluding hydrogens is 494 g/mol. The van der Waals surface area contributed by atoms with Crippen molar-refractivity contribution < 1.29 is 24.2 Å². The van der Waals surface area contributed by atoms with Gasteiger partial charge in [0.2, 0.25) is 11.8 Å². The molecule has 1 aromatic carbocycles. The number of nitrogens with zero attached hydrogens (tertiary/aromatic N) is 3. The number of aliphatic hydroxyl groups excluding tert-OH is 1. The number of halogens is 1. The first-order valence-corrected chi connectivity index (χ1v) is 13.5. The van der Waals surface area contributed by atoms with E-state index in [1.165, 1.54) is 0 Å². The van der Waals surface area contributed by atoms with Crippen LogP contribution in [0.25, 0.3) is 0 Å². The Labute approximate surface area is 222 Å². The molecule has 2 fully saturated rings. The predicted octanol–water partition coefficient (Wildman–Crippen LogP) is 2.79. The van der Waals surface area contributed by atoms with Crippen molar-refractivity contribution in [3.8, 4) is 0 Å². The minimum atomic E-state index is -1.29. The van der Waals surface area contributed by atoms with Gasteiger partial charge in [-0.05, 0) is 38.3 Å². The number of ether oxygens (including phenoxy) is 1. The second-order valence-electron chi connectivity index (χ2n) is 10.4. The first-order valence-electron chi connectivity index (χ1n) is 13.1. The summed E-state index contributed by atoms with van der Waals surface area (Å²) in [6.45, 7) is 5.47. The van der Waals surface area contributed by atoms with Gasteiger partial charge in [-0.15, -0.1) is 0 Å². The zero-order valence-electron chi connectivity index (χ0n) is 21.3. The second-order valence-corrected chi connectivity index (χ2v) is 10.9. The van der Waals surface area contributed by atoms with Crippen LogP contribution in [0.1, 0.15) is 33.1 Å². The van der Waals surface area contributed by atoms with Crippen LogP contribution in [-0.4, -0.2) is 82.7 Å². The van der Waals surface area contributed by atoms with Gasteiger partial charge in [-0.2, -0.15) is 0 Å². The Morgan fingerprint density at radius 3 is 2.49 bits per heavy atom. The molecule has 0 saturated carbocycles. The maximum Gasteiger partial charge on any atom is 0.253 e. The molecule has 0 bridgehead atoms. The smallest absolute Gasteiger partial charge is 0.253 e. The normalized spacial score (nSPS) is 32.9. The van der Waals surface area contributed by atoms with Crippen LogP contribution in [0.2, 0.25) is 5.02 Å². The van der Waals surface area contributed by atoms with Gasteiger partial charge in [0.15, 0.2) is 0 Å². The van der Waals surface area contributed by atoms with E-state index < -0.39 is 29.1 Å². The minimum Gasteiger partial charge on any atom is -0.396 e. The molecule has 4 aliphatic rings. The lowest BCUT2D eigenvalue weighted by molar-refractivity contribution is -0.148. The molecule has 37 heavy (non-hydrogen) atoms. The van der Waals surface area contributed by atoms with Crippen molar-refractivity contribution in [2.75, 3.05) is 37.7 Å². The van der Waals surface area contributed by atoms with E-state index in [1.54, 1.807) is 32.9 Å². The van der Waals surface area contributed by atoms with Crippen LogP contribution in [-0.2, 0) is 19.1 Å². The molecule has 9 heteroatoms. The molecule has 2 saturated heterocycles. The molecule has 1 aromatic rings. The number of carbonyl (C=O) groups excluding carboxylic acids is 3. The first-order chi connectivity index (χ1) is 17.8. The number of anilines is 1. The third kappa shape index (κ3) is 4.01. The van der Waals surface area contributed by atoms with Crippen molar-refractivity contribution in [2.24, 2.45) is 11.8 Å². The SMILES string of the molecule is CCCN1CC=C[C@@]2(C)O[C@]34C=CCN(c5ccccc5Cl)C(=O)C3N(CCCCO)C(=O)[C@@H]4[C@H]2C1=O. The van der Waals surface area contributed by atoms with E-state index in [1.807, 2.05) is 44.2 Å². The summed E-state index contributed by atoms with van der Waals surface area (Å²) < 4.78 is 6.80. The lowest BCUT2D eigenvalue weighted by Crippen LogP contribution is -2.56. The highest BCUT2D eigenvalue weighted by Gasteiger charge is 2.74. The Kier molecular flexibility index (Phi) is 6.94. The highest BCUT2D eigenvalue weighted by molar-refractivity contribution is 6.34. The van der Waals surface area contributed by atoms with E-state index in [9.17, 15) is 19.5 Å². The van der Waals surface area contributed by atoms with Crippen LogP contribution < -0.4 is 4.90 Å². The maximum atomic E-state index is 14.3. The van der Waals surface area contributed by atoms with Crippen LogP contribution >= 0.6 is 11.6 Å². The number of hydrogen-bond acceptors (Lipinski definition) is 5. The molecule has 1 unspecified atom stereocenters. The molecule has 0 aliphatic carbocycles. The number of aliphatic hydroxyl groups is 1. The van der Waals surface area contributed by atoms with Gasteiger partial charge in [-0.3, -0.25) is 14.4 Å². The average molecular weight is 528 g/mol. The third-order valence-corrected chi connectivity index (χ3v) is 8.40. The number of amides is 3. The minimum absolute atomic E-state index is 0.00663. The highest BCUT2D eigenvalue weighted by Crippen LogP contribution is 2.57. The van der Waals surface area contributed by atoms with E-state index >= 15 is 0 Å². The van der Waals surface area contributed by atoms with Crippen LogP contribution in [0.5, 0.6) is 0 Å². The van der Waals surface area contributed by atoms with Crippen LogP contribution in [0.15, 0.2) is 48.6 Å². The third-order valence-electron chi connectivity index (χ3n) is 8.08. The summed E-state index contributed by atoms with van der Waals surface area (Å²) in [6.07, 6.45) is 9.35. The Morgan fingerprint density at radius 2 is 1.76 bits per heavy atom. The summed E-state index contributed by atoms with van der Waals surface area (Å²) in [7, 11) is 0. The predicted molar refractivity (Wildman–Crippen MR) is 140 cm³/mol. The molecule has 4 aliphatic heterocycles.